The standard InChI is InChI=1S/C37H33N3O5S/c1-23-9-8-10-26(19-23)22-45-28-15-13-25(14-16-28)20-32-36(42)40-34(30-18-17-29(43-3)21-31(30)44-4)33(24(2)38-37(40)46-32)35(41)39-27-11-6-5-7-12-27/h5-21,34H,22H2,1-4H3,(H,39,41)/b32-20-/t34-/m1/s1. The Bertz CT molecular complexity index is 2120. The fourth-order valence-electron chi connectivity index (χ4n) is 5.45. The number of carbonyl (C=O) groups is 1. The summed E-state index contributed by atoms with van der Waals surface area (Å²) in [6.45, 7) is 4.31. The average molecular weight is 632 g/mol. The van der Waals surface area contributed by atoms with Gasteiger partial charge in [0.15, 0.2) is 4.80 Å². The number of benzene rings is 4. The number of allylic oxidation sites excluding steroid dienone is 1. The molecule has 0 radical (unpaired) electrons. The summed E-state index contributed by atoms with van der Waals surface area (Å²) in [6.07, 6.45) is 1.83. The van der Waals surface area contributed by atoms with Crippen molar-refractivity contribution in [3.8, 4) is 17.2 Å². The van der Waals surface area contributed by atoms with Crippen LogP contribution in [-0.2, 0) is 11.4 Å². The number of nitrogens with one attached hydrogen (secondary N) is 1. The zero-order chi connectivity index (χ0) is 32.2. The van der Waals surface area contributed by atoms with Gasteiger partial charge in [0.05, 0.1) is 30.0 Å². The molecule has 0 fully saturated rings. The lowest BCUT2D eigenvalue weighted by Crippen LogP contribution is -2.40. The SMILES string of the molecule is COc1ccc([C@@H]2C(C(=O)Nc3ccccc3)=C(C)N=c3s/c(=C\c4ccc(OCc5cccc(C)c5)cc4)c(=O)n32)c(OC)c1. The molecule has 0 spiro atoms. The molecule has 6 rings (SSSR count). The fraction of sp³-hybridized carbons (Fsp3) is 0.162. The van der Waals surface area contributed by atoms with Crippen molar-refractivity contribution in [3.05, 3.63) is 150 Å². The van der Waals surface area contributed by atoms with Crippen LogP contribution < -0.4 is 34.4 Å². The van der Waals surface area contributed by atoms with Gasteiger partial charge in [-0.05, 0) is 67.4 Å². The molecular weight excluding hydrogens is 598 g/mol. The Morgan fingerprint density at radius 1 is 0.913 bits per heavy atom. The first-order chi connectivity index (χ1) is 22.3. The molecule has 8 nitrogen and oxygen atoms in total. The molecule has 1 N–H and O–H groups in total. The minimum Gasteiger partial charge on any atom is -0.497 e. The average Bonchev–Trinajstić information content (AvgIpc) is 3.37. The van der Waals surface area contributed by atoms with Gasteiger partial charge in [-0.3, -0.25) is 14.2 Å². The topological polar surface area (TPSA) is 91.2 Å². The Labute approximate surface area is 270 Å². The molecule has 1 aromatic heterocycles. The monoisotopic (exact) mass is 631 g/mol. The van der Waals surface area contributed by atoms with E-state index in [1.807, 2.05) is 78.9 Å². The van der Waals surface area contributed by atoms with Gasteiger partial charge in [0.25, 0.3) is 11.5 Å². The van der Waals surface area contributed by atoms with Crippen LogP contribution in [0.25, 0.3) is 6.08 Å². The molecule has 46 heavy (non-hydrogen) atoms. The number of fused-ring (bicyclic) bond motifs is 1. The minimum absolute atomic E-state index is 0.260. The second kappa shape index (κ2) is 13.3. The van der Waals surface area contributed by atoms with Gasteiger partial charge in [-0.15, -0.1) is 0 Å². The van der Waals surface area contributed by atoms with Crippen LogP contribution in [0.5, 0.6) is 17.2 Å². The predicted octanol–water partition coefficient (Wildman–Crippen LogP) is 5.78. The molecule has 232 valence electrons. The highest BCUT2D eigenvalue weighted by Gasteiger charge is 2.34. The van der Waals surface area contributed by atoms with E-state index in [2.05, 4.69) is 24.4 Å². The second-order valence-corrected chi connectivity index (χ2v) is 11.9. The zero-order valence-corrected chi connectivity index (χ0v) is 26.8. The number of amides is 1. The van der Waals surface area contributed by atoms with Crippen molar-refractivity contribution in [1.82, 2.24) is 4.57 Å². The number of ether oxygens (including phenoxy) is 3. The lowest BCUT2D eigenvalue weighted by atomic mass is 9.94. The van der Waals surface area contributed by atoms with Crippen LogP contribution in [0.4, 0.5) is 5.69 Å². The summed E-state index contributed by atoms with van der Waals surface area (Å²) in [5.41, 5.74) is 5.00. The Morgan fingerprint density at radius 2 is 1.67 bits per heavy atom. The van der Waals surface area contributed by atoms with E-state index in [1.54, 1.807) is 37.8 Å². The van der Waals surface area contributed by atoms with E-state index >= 15 is 0 Å². The van der Waals surface area contributed by atoms with Gasteiger partial charge >= 0.3 is 0 Å². The predicted molar refractivity (Wildman–Crippen MR) is 180 cm³/mol. The minimum atomic E-state index is -0.791. The van der Waals surface area contributed by atoms with Crippen molar-refractivity contribution in [1.29, 1.82) is 0 Å². The van der Waals surface area contributed by atoms with Crippen LogP contribution in [-0.4, -0.2) is 24.7 Å². The number of aromatic nitrogens is 1. The molecule has 1 aliphatic rings. The third-order valence-corrected chi connectivity index (χ3v) is 8.68. The largest absolute Gasteiger partial charge is 0.497 e. The molecule has 0 saturated carbocycles. The number of hydrogen-bond donors (Lipinski definition) is 1. The maximum absolute atomic E-state index is 14.1. The molecule has 1 atom stereocenters. The highest BCUT2D eigenvalue weighted by atomic mass is 32.1. The van der Waals surface area contributed by atoms with Gasteiger partial charge in [-0.25, -0.2) is 4.99 Å². The maximum Gasteiger partial charge on any atom is 0.271 e. The van der Waals surface area contributed by atoms with Crippen LogP contribution in [0.15, 0.2) is 118 Å². The molecule has 2 heterocycles. The highest BCUT2D eigenvalue weighted by molar-refractivity contribution is 7.07. The molecule has 0 saturated heterocycles. The molecule has 0 aliphatic carbocycles. The molecule has 1 aliphatic heterocycles. The van der Waals surface area contributed by atoms with E-state index in [0.717, 1.165) is 16.9 Å². The van der Waals surface area contributed by atoms with Crippen molar-refractivity contribution >= 4 is 29.0 Å². The van der Waals surface area contributed by atoms with Crippen molar-refractivity contribution < 1.29 is 19.0 Å². The van der Waals surface area contributed by atoms with Gasteiger partial charge in [0.2, 0.25) is 0 Å². The number of carbonyl (C=O) groups excluding carboxylic acids is 1. The normalized spacial score (nSPS) is 14.3. The number of rotatable bonds is 9. The molecule has 4 aromatic carbocycles. The smallest absolute Gasteiger partial charge is 0.271 e. The van der Waals surface area contributed by atoms with Gasteiger partial charge in [0, 0.05) is 17.3 Å². The van der Waals surface area contributed by atoms with Crippen LogP contribution in [0.2, 0.25) is 0 Å². The lowest BCUT2D eigenvalue weighted by molar-refractivity contribution is -0.113. The van der Waals surface area contributed by atoms with E-state index in [1.165, 1.54) is 16.9 Å². The molecular formula is C37H33N3O5S. The Hall–Kier alpha value is -5.41. The Kier molecular flexibility index (Phi) is 8.85. The number of para-hydroxylation sites is 1. The third kappa shape index (κ3) is 6.36. The summed E-state index contributed by atoms with van der Waals surface area (Å²) in [6, 6.07) is 29.6. The molecule has 9 heteroatoms. The van der Waals surface area contributed by atoms with Crippen LogP contribution in [0, 0.1) is 6.92 Å². The van der Waals surface area contributed by atoms with Crippen LogP contribution in [0.3, 0.4) is 0 Å². The second-order valence-electron chi connectivity index (χ2n) is 10.9. The highest BCUT2D eigenvalue weighted by Crippen LogP contribution is 2.37. The van der Waals surface area contributed by atoms with E-state index < -0.39 is 6.04 Å². The lowest BCUT2D eigenvalue weighted by Gasteiger charge is -2.26. The summed E-state index contributed by atoms with van der Waals surface area (Å²) in [5, 5.41) is 2.97. The Balaban J connectivity index is 1.38. The number of methoxy groups -OCH3 is 2. The summed E-state index contributed by atoms with van der Waals surface area (Å²) < 4.78 is 19.2. The summed E-state index contributed by atoms with van der Waals surface area (Å²) in [4.78, 5) is 33.3. The van der Waals surface area contributed by atoms with Gasteiger partial charge < -0.3 is 19.5 Å². The first kappa shape index (κ1) is 30.6. The molecule has 0 bridgehead atoms. The summed E-state index contributed by atoms with van der Waals surface area (Å²) >= 11 is 1.28. The number of aryl methyl sites for hydroxylation is 1. The summed E-state index contributed by atoms with van der Waals surface area (Å²) in [7, 11) is 3.12. The van der Waals surface area contributed by atoms with Crippen LogP contribution in [0.1, 0.15) is 35.2 Å². The van der Waals surface area contributed by atoms with Gasteiger partial charge in [0.1, 0.15) is 29.9 Å². The maximum atomic E-state index is 14.1. The first-order valence-electron chi connectivity index (χ1n) is 14.7. The number of hydrogen-bond acceptors (Lipinski definition) is 7. The summed E-state index contributed by atoms with van der Waals surface area (Å²) in [5.74, 6) is 1.46. The van der Waals surface area contributed by atoms with Gasteiger partial charge in [-0.1, -0.05) is 71.5 Å². The van der Waals surface area contributed by atoms with Crippen LogP contribution >= 0.6 is 11.3 Å². The van der Waals surface area contributed by atoms with E-state index in [-0.39, 0.29) is 11.5 Å². The van der Waals surface area contributed by atoms with E-state index in [0.29, 0.717) is 50.0 Å². The van der Waals surface area contributed by atoms with Crippen molar-refractivity contribution in [2.45, 2.75) is 26.5 Å². The van der Waals surface area contributed by atoms with E-state index in [9.17, 15) is 9.59 Å². The van der Waals surface area contributed by atoms with Crippen molar-refractivity contribution in [3.63, 3.8) is 0 Å². The fourth-order valence-corrected chi connectivity index (χ4v) is 6.50. The Morgan fingerprint density at radius 3 is 2.39 bits per heavy atom. The van der Waals surface area contributed by atoms with E-state index in [4.69, 9.17) is 19.2 Å². The quantitative estimate of drug-likeness (QED) is 0.223. The third-order valence-electron chi connectivity index (χ3n) is 7.70. The number of anilines is 1. The molecule has 0 unspecified atom stereocenters. The van der Waals surface area contributed by atoms with Crippen molar-refractivity contribution in [2.24, 2.45) is 4.99 Å². The van der Waals surface area contributed by atoms with Gasteiger partial charge in [-0.2, -0.15) is 0 Å². The molecule has 5 aromatic rings. The first-order valence-corrected chi connectivity index (χ1v) is 15.6. The van der Waals surface area contributed by atoms with Crippen molar-refractivity contribution in [2.75, 3.05) is 19.5 Å². The number of nitrogens with zero attached hydrogens (tertiary/aromatic N) is 2. The zero-order valence-electron chi connectivity index (χ0n) is 25.9. The number of thiazole rings is 1. The molecule has 1 amide bonds.